The summed E-state index contributed by atoms with van der Waals surface area (Å²) in [5.74, 6) is -1.29. The van der Waals surface area contributed by atoms with Gasteiger partial charge in [-0.2, -0.15) is 0 Å². The van der Waals surface area contributed by atoms with E-state index in [-0.39, 0.29) is 35.0 Å². The minimum Gasteiger partial charge on any atom is -0.507 e. The zero-order chi connectivity index (χ0) is 15.6. The molecule has 0 aliphatic heterocycles. The van der Waals surface area contributed by atoms with Crippen molar-refractivity contribution in [2.45, 2.75) is 6.42 Å². The molecule has 0 unspecified atom stereocenters. The number of Topliss-reactive ketones (excluding diaryl/α,β-unsaturated/α-hetero) is 1. The number of phenolic OH excluding ortho intramolecular Hbond substituents is 2. The van der Waals surface area contributed by atoms with Gasteiger partial charge in [-0.3, -0.25) is 4.79 Å². The van der Waals surface area contributed by atoms with Crippen molar-refractivity contribution >= 4 is 27.7 Å². The second-order valence-corrected chi connectivity index (χ2v) is 5.03. The van der Waals surface area contributed by atoms with Crippen molar-refractivity contribution in [3.8, 4) is 11.5 Å². The molecule has 0 spiro atoms. The predicted octanol–water partition coefficient (Wildman–Crippen LogP) is 2.67. The van der Waals surface area contributed by atoms with Gasteiger partial charge in [0.15, 0.2) is 5.78 Å². The van der Waals surface area contributed by atoms with Crippen LogP contribution in [0, 0.1) is 0 Å². The summed E-state index contributed by atoms with van der Waals surface area (Å²) < 4.78 is 9.97. The highest BCUT2D eigenvalue weighted by molar-refractivity contribution is 9.10. The summed E-state index contributed by atoms with van der Waals surface area (Å²) in [7, 11) is 1.22. The second-order valence-electron chi connectivity index (χ2n) is 4.18. The normalized spacial score (nSPS) is 10.4. The number of carbonyl (C=O) groups is 2. The van der Waals surface area contributed by atoms with Crippen LogP contribution in [0.1, 0.15) is 26.7 Å². The second kappa shape index (κ2) is 6.01. The maximum Gasteiger partial charge on any atom is 0.373 e. The summed E-state index contributed by atoms with van der Waals surface area (Å²) in [6.07, 6.45) is -0.137. The summed E-state index contributed by atoms with van der Waals surface area (Å²) in [6.45, 7) is 0. The number of ether oxygens (including phenoxy) is 1. The van der Waals surface area contributed by atoms with E-state index in [9.17, 15) is 19.8 Å². The molecule has 0 amide bonds. The third kappa shape index (κ3) is 3.25. The predicted molar refractivity (Wildman–Crippen MR) is 75.6 cm³/mol. The molecule has 1 aromatic heterocycles. The van der Waals surface area contributed by atoms with Gasteiger partial charge in [0.25, 0.3) is 0 Å². The molecule has 0 fully saturated rings. The quantitative estimate of drug-likeness (QED) is 0.647. The van der Waals surface area contributed by atoms with Crippen molar-refractivity contribution in [3.63, 3.8) is 0 Å². The lowest BCUT2D eigenvalue weighted by molar-refractivity contribution is 0.0562. The lowest BCUT2D eigenvalue weighted by Crippen LogP contribution is -2.04. The highest BCUT2D eigenvalue weighted by Gasteiger charge is 2.18. The number of phenols is 2. The number of methoxy groups -OCH3 is 1. The van der Waals surface area contributed by atoms with Crippen LogP contribution in [0.5, 0.6) is 11.5 Å². The fourth-order valence-corrected chi connectivity index (χ4v) is 2.05. The van der Waals surface area contributed by atoms with E-state index in [0.717, 1.165) is 6.07 Å². The van der Waals surface area contributed by atoms with Crippen LogP contribution in [0.25, 0.3) is 0 Å². The Hall–Kier alpha value is -2.28. The van der Waals surface area contributed by atoms with E-state index in [1.807, 2.05) is 0 Å². The Morgan fingerprint density at radius 2 is 1.95 bits per heavy atom. The number of carbonyl (C=O) groups excluding carboxylic acids is 2. The first-order valence-corrected chi connectivity index (χ1v) is 6.63. The van der Waals surface area contributed by atoms with Gasteiger partial charge in [-0.05, 0) is 34.1 Å². The van der Waals surface area contributed by atoms with Crippen molar-refractivity contribution in [2.75, 3.05) is 7.11 Å². The van der Waals surface area contributed by atoms with Crippen LogP contribution in [0.4, 0.5) is 0 Å². The van der Waals surface area contributed by atoms with Gasteiger partial charge in [0, 0.05) is 6.07 Å². The van der Waals surface area contributed by atoms with Crippen molar-refractivity contribution in [2.24, 2.45) is 0 Å². The Balaban J connectivity index is 2.20. The van der Waals surface area contributed by atoms with Gasteiger partial charge in [0.05, 0.1) is 23.6 Å². The number of hydrogen-bond acceptors (Lipinski definition) is 6. The molecule has 6 nitrogen and oxygen atoms in total. The lowest BCUT2D eigenvalue weighted by Gasteiger charge is -2.05. The van der Waals surface area contributed by atoms with E-state index in [0.29, 0.717) is 4.47 Å². The molecule has 2 aromatic rings. The van der Waals surface area contributed by atoms with Gasteiger partial charge in [0.1, 0.15) is 17.3 Å². The van der Waals surface area contributed by atoms with Crippen LogP contribution < -0.4 is 0 Å². The van der Waals surface area contributed by atoms with Gasteiger partial charge < -0.3 is 19.4 Å². The molecule has 1 aromatic carbocycles. The minimum atomic E-state index is -0.635. The average Bonchev–Trinajstić information content (AvgIpc) is 2.90. The van der Waals surface area contributed by atoms with Gasteiger partial charge >= 0.3 is 5.97 Å². The molecule has 0 saturated heterocycles. The van der Waals surface area contributed by atoms with Crippen molar-refractivity contribution < 1.29 is 29.0 Å². The Kier molecular flexibility index (Phi) is 4.32. The van der Waals surface area contributed by atoms with E-state index < -0.39 is 11.8 Å². The van der Waals surface area contributed by atoms with Crippen LogP contribution in [0.15, 0.2) is 33.2 Å². The number of ketones is 1. The van der Waals surface area contributed by atoms with E-state index in [1.54, 1.807) is 0 Å². The largest absolute Gasteiger partial charge is 0.507 e. The van der Waals surface area contributed by atoms with E-state index in [2.05, 4.69) is 20.7 Å². The topological polar surface area (TPSA) is 97.0 Å². The first-order chi connectivity index (χ1) is 9.92. The molecular formula is C14H11BrO6. The van der Waals surface area contributed by atoms with Gasteiger partial charge in [-0.25, -0.2) is 4.79 Å². The first kappa shape index (κ1) is 15.1. The van der Waals surface area contributed by atoms with E-state index in [1.165, 1.54) is 25.3 Å². The fourth-order valence-electron chi connectivity index (χ4n) is 1.71. The molecule has 0 aliphatic rings. The molecule has 1 heterocycles. The summed E-state index contributed by atoms with van der Waals surface area (Å²) in [6, 6.07) is 5.27. The van der Waals surface area contributed by atoms with Crippen LogP contribution in [0.2, 0.25) is 0 Å². The molecule has 0 saturated carbocycles. The highest BCUT2D eigenvalue weighted by Crippen LogP contribution is 2.32. The SMILES string of the molecule is COC(=O)c1ccc(CC(=O)c2cc(Br)c(O)cc2O)o1. The van der Waals surface area contributed by atoms with Crippen LogP contribution in [-0.2, 0) is 11.2 Å². The summed E-state index contributed by atoms with van der Waals surface area (Å²) in [4.78, 5) is 23.4. The maximum atomic E-state index is 12.1. The Morgan fingerprint density at radius 3 is 2.62 bits per heavy atom. The van der Waals surface area contributed by atoms with Gasteiger partial charge in [-0.15, -0.1) is 0 Å². The third-order valence-electron chi connectivity index (χ3n) is 2.75. The number of esters is 1. The van der Waals surface area contributed by atoms with Crippen molar-refractivity contribution in [3.05, 3.63) is 45.8 Å². The first-order valence-electron chi connectivity index (χ1n) is 5.84. The zero-order valence-corrected chi connectivity index (χ0v) is 12.5. The Labute approximate surface area is 128 Å². The monoisotopic (exact) mass is 354 g/mol. The molecule has 0 radical (unpaired) electrons. The number of furan rings is 1. The fraction of sp³-hybridized carbons (Fsp3) is 0.143. The number of halogens is 1. The molecule has 0 atom stereocenters. The molecule has 0 aliphatic carbocycles. The summed E-state index contributed by atoms with van der Waals surface area (Å²) in [5.41, 5.74) is 0.0377. The Morgan fingerprint density at radius 1 is 1.24 bits per heavy atom. The minimum absolute atomic E-state index is 0.00333. The zero-order valence-electron chi connectivity index (χ0n) is 10.9. The van der Waals surface area contributed by atoms with Crippen molar-refractivity contribution in [1.29, 1.82) is 0 Å². The molecule has 21 heavy (non-hydrogen) atoms. The van der Waals surface area contributed by atoms with Gasteiger partial charge in [0.2, 0.25) is 5.76 Å². The van der Waals surface area contributed by atoms with Gasteiger partial charge in [-0.1, -0.05) is 0 Å². The van der Waals surface area contributed by atoms with Crippen molar-refractivity contribution in [1.82, 2.24) is 0 Å². The molecule has 2 N–H and O–H groups in total. The van der Waals surface area contributed by atoms with Crippen LogP contribution >= 0.6 is 15.9 Å². The number of benzene rings is 1. The summed E-state index contributed by atoms with van der Waals surface area (Å²) in [5, 5.41) is 19.1. The Bertz CT molecular complexity index is 703. The highest BCUT2D eigenvalue weighted by atomic mass is 79.9. The van der Waals surface area contributed by atoms with E-state index in [4.69, 9.17) is 4.42 Å². The van der Waals surface area contributed by atoms with Crippen LogP contribution in [-0.4, -0.2) is 29.1 Å². The van der Waals surface area contributed by atoms with E-state index >= 15 is 0 Å². The third-order valence-corrected chi connectivity index (χ3v) is 3.38. The smallest absolute Gasteiger partial charge is 0.373 e. The molecule has 2 rings (SSSR count). The number of aromatic hydroxyl groups is 2. The molecular weight excluding hydrogens is 344 g/mol. The molecule has 0 bridgehead atoms. The number of hydrogen-bond donors (Lipinski definition) is 2. The molecule has 110 valence electrons. The summed E-state index contributed by atoms with van der Waals surface area (Å²) >= 11 is 3.07. The molecule has 7 heteroatoms. The maximum absolute atomic E-state index is 12.1. The standard InChI is InChI=1S/C14H11BrO6/c1-20-14(19)13-3-2-7(21-13)4-10(16)8-5-9(15)12(18)6-11(8)17/h2-3,5-6,17-18H,4H2,1H3. The lowest BCUT2D eigenvalue weighted by atomic mass is 10.1. The average molecular weight is 355 g/mol. The van der Waals surface area contributed by atoms with Crippen LogP contribution in [0.3, 0.4) is 0 Å². The number of rotatable bonds is 4.